The topological polar surface area (TPSA) is 20.2 Å². The van der Waals surface area contributed by atoms with E-state index in [1.165, 1.54) is 11.1 Å². The molecule has 0 aromatic heterocycles. The fourth-order valence-electron chi connectivity index (χ4n) is 3.30. The highest BCUT2D eigenvalue weighted by atomic mass is 16.3. The largest absolute Gasteiger partial charge is 0.507 e. The summed E-state index contributed by atoms with van der Waals surface area (Å²) < 4.78 is 0. The summed E-state index contributed by atoms with van der Waals surface area (Å²) in [6.45, 7) is 2.12. The predicted molar refractivity (Wildman–Crippen MR) is 101 cm³/mol. The Morgan fingerprint density at radius 3 is 1.88 bits per heavy atom. The Hall–Kier alpha value is -3.06. The van der Waals surface area contributed by atoms with Crippen LogP contribution >= 0.6 is 0 Å². The molecule has 0 atom stereocenters. The number of phenols is 1. The number of rotatable bonds is 2. The fraction of sp³-hybridized carbons (Fsp3) is 0.0435. The summed E-state index contributed by atoms with van der Waals surface area (Å²) in [7, 11) is 0. The Morgan fingerprint density at radius 2 is 1.12 bits per heavy atom. The molecule has 0 unspecified atom stereocenters. The van der Waals surface area contributed by atoms with Crippen LogP contribution in [0, 0.1) is 6.92 Å². The highest BCUT2D eigenvalue weighted by Crippen LogP contribution is 2.40. The van der Waals surface area contributed by atoms with E-state index in [-0.39, 0.29) is 0 Å². The van der Waals surface area contributed by atoms with Gasteiger partial charge in [0.15, 0.2) is 0 Å². The number of phenolic OH excluding ortho intramolecular Hbond substituents is 1. The molecule has 24 heavy (non-hydrogen) atoms. The van der Waals surface area contributed by atoms with E-state index in [9.17, 15) is 5.11 Å². The van der Waals surface area contributed by atoms with Crippen LogP contribution < -0.4 is 0 Å². The average Bonchev–Trinajstić information content (AvgIpc) is 2.63. The molecule has 0 radical (unpaired) electrons. The highest BCUT2D eigenvalue weighted by molar-refractivity contribution is 5.97. The van der Waals surface area contributed by atoms with Crippen molar-refractivity contribution in [1.82, 2.24) is 0 Å². The number of hydrogen-bond donors (Lipinski definition) is 1. The van der Waals surface area contributed by atoms with Crippen molar-refractivity contribution in [2.45, 2.75) is 6.92 Å². The molecule has 0 aliphatic heterocycles. The van der Waals surface area contributed by atoms with Gasteiger partial charge in [-0.1, -0.05) is 78.9 Å². The van der Waals surface area contributed by atoms with E-state index in [0.29, 0.717) is 5.75 Å². The Labute approximate surface area is 141 Å². The molecule has 0 aliphatic rings. The summed E-state index contributed by atoms with van der Waals surface area (Å²) in [4.78, 5) is 0. The van der Waals surface area contributed by atoms with Crippen molar-refractivity contribution in [2.75, 3.05) is 0 Å². The monoisotopic (exact) mass is 310 g/mol. The summed E-state index contributed by atoms with van der Waals surface area (Å²) in [5.74, 6) is 0.342. The van der Waals surface area contributed by atoms with Crippen molar-refractivity contribution >= 4 is 10.8 Å². The van der Waals surface area contributed by atoms with Gasteiger partial charge in [0, 0.05) is 10.9 Å². The lowest BCUT2D eigenvalue weighted by Crippen LogP contribution is -1.88. The Bertz CT molecular complexity index is 1030. The van der Waals surface area contributed by atoms with Crippen molar-refractivity contribution in [1.29, 1.82) is 0 Å². The van der Waals surface area contributed by atoms with Crippen molar-refractivity contribution < 1.29 is 5.11 Å². The molecule has 0 bridgehead atoms. The van der Waals surface area contributed by atoms with Gasteiger partial charge in [-0.05, 0) is 40.6 Å². The van der Waals surface area contributed by atoms with Gasteiger partial charge >= 0.3 is 0 Å². The van der Waals surface area contributed by atoms with E-state index in [1.54, 1.807) is 0 Å². The second kappa shape index (κ2) is 5.86. The number of aryl methyl sites for hydroxylation is 1. The number of benzene rings is 4. The third kappa shape index (κ3) is 2.35. The van der Waals surface area contributed by atoms with Gasteiger partial charge in [-0.15, -0.1) is 0 Å². The van der Waals surface area contributed by atoms with Crippen molar-refractivity contribution in [3.63, 3.8) is 0 Å². The number of hydrogen-bond acceptors (Lipinski definition) is 1. The maximum Gasteiger partial charge on any atom is 0.131 e. The van der Waals surface area contributed by atoms with Gasteiger partial charge in [0.2, 0.25) is 0 Å². The molecule has 0 spiro atoms. The standard InChI is InChI=1S/C23H18O/c1-16-8-2-4-10-18(16)20-12-6-7-13-21(20)22-15-14-17-9-3-5-11-19(17)23(22)24/h2-15,24H,1H3. The van der Waals surface area contributed by atoms with Crippen LogP contribution in [0.15, 0.2) is 84.9 Å². The van der Waals surface area contributed by atoms with Crippen LogP contribution in [0.5, 0.6) is 5.75 Å². The zero-order valence-electron chi connectivity index (χ0n) is 13.5. The van der Waals surface area contributed by atoms with E-state index in [1.807, 2.05) is 42.5 Å². The van der Waals surface area contributed by atoms with E-state index in [4.69, 9.17) is 0 Å². The molecule has 116 valence electrons. The SMILES string of the molecule is Cc1ccccc1-c1ccccc1-c1ccc2ccccc2c1O. The Morgan fingerprint density at radius 1 is 0.542 bits per heavy atom. The first-order chi connectivity index (χ1) is 11.8. The summed E-state index contributed by atoms with van der Waals surface area (Å²) in [6, 6.07) is 28.6. The summed E-state index contributed by atoms with van der Waals surface area (Å²) in [5, 5.41) is 12.8. The molecule has 0 amide bonds. The molecule has 0 saturated carbocycles. The molecule has 1 heteroatoms. The molecule has 4 aromatic rings. The minimum Gasteiger partial charge on any atom is -0.507 e. The predicted octanol–water partition coefficient (Wildman–Crippen LogP) is 6.19. The molecule has 4 aromatic carbocycles. The van der Waals surface area contributed by atoms with E-state index < -0.39 is 0 Å². The van der Waals surface area contributed by atoms with Crippen LogP contribution in [0.25, 0.3) is 33.0 Å². The molecule has 0 saturated heterocycles. The molecular formula is C23H18O. The van der Waals surface area contributed by atoms with Crippen molar-refractivity contribution in [3.8, 4) is 28.0 Å². The third-order valence-electron chi connectivity index (χ3n) is 4.55. The van der Waals surface area contributed by atoms with Gasteiger partial charge in [0.1, 0.15) is 5.75 Å². The molecule has 0 heterocycles. The first-order valence-corrected chi connectivity index (χ1v) is 8.12. The van der Waals surface area contributed by atoms with E-state index >= 15 is 0 Å². The van der Waals surface area contributed by atoms with Crippen LogP contribution in [-0.2, 0) is 0 Å². The quantitative estimate of drug-likeness (QED) is 0.468. The van der Waals surface area contributed by atoms with Crippen LogP contribution in [0.3, 0.4) is 0 Å². The van der Waals surface area contributed by atoms with Crippen LogP contribution in [0.4, 0.5) is 0 Å². The van der Waals surface area contributed by atoms with Gasteiger partial charge in [-0.2, -0.15) is 0 Å². The van der Waals surface area contributed by atoms with Crippen LogP contribution in [0.1, 0.15) is 5.56 Å². The average molecular weight is 310 g/mol. The molecule has 0 fully saturated rings. The van der Waals surface area contributed by atoms with Crippen molar-refractivity contribution in [2.24, 2.45) is 0 Å². The second-order valence-corrected chi connectivity index (χ2v) is 6.04. The number of fused-ring (bicyclic) bond motifs is 1. The van der Waals surface area contributed by atoms with Crippen LogP contribution in [0.2, 0.25) is 0 Å². The summed E-state index contributed by atoms with van der Waals surface area (Å²) >= 11 is 0. The van der Waals surface area contributed by atoms with Gasteiger partial charge in [-0.3, -0.25) is 0 Å². The molecule has 1 N–H and O–H groups in total. The smallest absolute Gasteiger partial charge is 0.131 e. The van der Waals surface area contributed by atoms with Gasteiger partial charge < -0.3 is 5.11 Å². The summed E-state index contributed by atoms with van der Waals surface area (Å²) in [5.41, 5.74) is 5.48. The van der Waals surface area contributed by atoms with E-state index in [0.717, 1.165) is 27.5 Å². The van der Waals surface area contributed by atoms with Gasteiger partial charge in [0.05, 0.1) is 0 Å². The zero-order valence-corrected chi connectivity index (χ0v) is 13.5. The second-order valence-electron chi connectivity index (χ2n) is 6.04. The lowest BCUT2D eigenvalue weighted by molar-refractivity contribution is 0.483. The van der Waals surface area contributed by atoms with Crippen molar-refractivity contribution in [3.05, 3.63) is 90.5 Å². The number of aromatic hydroxyl groups is 1. The Balaban J connectivity index is 1.99. The maximum atomic E-state index is 10.8. The van der Waals surface area contributed by atoms with Crippen LogP contribution in [-0.4, -0.2) is 5.11 Å². The van der Waals surface area contributed by atoms with Gasteiger partial charge in [0.25, 0.3) is 0 Å². The minimum atomic E-state index is 0.342. The Kier molecular flexibility index (Phi) is 3.55. The first-order valence-electron chi connectivity index (χ1n) is 8.12. The summed E-state index contributed by atoms with van der Waals surface area (Å²) in [6.07, 6.45) is 0. The van der Waals surface area contributed by atoms with E-state index in [2.05, 4.69) is 49.4 Å². The lowest BCUT2D eigenvalue weighted by Gasteiger charge is -2.14. The first kappa shape index (κ1) is 14.5. The minimum absolute atomic E-state index is 0.342. The molecule has 4 rings (SSSR count). The van der Waals surface area contributed by atoms with Gasteiger partial charge in [-0.25, -0.2) is 0 Å². The maximum absolute atomic E-state index is 10.8. The fourth-order valence-corrected chi connectivity index (χ4v) is 3.30. The highest BCUT2D eigenvalue weighted by Gasteiger charge is 2.13. The molecule has 1 nitrogen and oxygen atoms in total. The third-order valence-corrected chi connectivity index (χ3v) is 4.55. The lowest BCUT2D eigenvalue weighted by atomic mass is 9.91. The normalized spacial score (nSPS) is 10.9. The zero-order chi connectivity index (χ0) is 16.5. The molecular weight excluding hydrogens is 292 g/mol. The molecule has 0 aliphatic carbocycles.